The Kier molecular flexibility index (Phi) is 4.18. The van der Waals surface area contributed by atoms with E-state index in [9.17, 15) is 9.90 Å². The molecule has 0 atom stereocenters. The number of nitrogens with two attached hydrogens (primary N) is 1. The first-order valence-corrected chi connectivity index (χ1v) is 2.93. The summed E-state index contributed by atoms with van der Waals surface area (Å²) >= 11 is 0. The van der Waals surface area contributed by atoms with Gasteiger partial charge in [-0.25, -0.2) is 0 Å². The van der Waals surface area contributed by atoms with Crippen LogP contribution in [0.2, 0.25) is 0 Å². The minimum absolute atomic E-state index is 0. The third kappa shape index (κ3) is 3.27. The zero-order valence-corrected chi connectivity index (χ0v) is 6.85. The minimum Gasteiger partial charge on any atom is -0.514 e. The van der Waals surface area contributed by atoms with E-state index in [-0.39, 0.29) is 22.8 Å². The number of carbonyl (C=O) groups excluding carboxylic acids is 1. The Balaban J connectivity index is 0.00000121. The number of nitrogen functional groups attached to an aromatic ring is 1. The second kappa shape index (κ2) is 4.64. The van der Waals surface area contributed by atoms with Gasteiger partial charge >= 0.3 is 17.1 Å². The molecule has 1 aromatic rings. The van der Waals surface area contributed by atoms with Crippen LogP contribution in [0, 0.1) is 0 Å². The molecular weight excluding hydrogens is 210 g/mol. The van der Waals surface area contributed by atoms with Crippen molar-refractivity contribution in [1.29, 1.82) is 0 Å². The van der Waals surface area contributed by atoms with Crippen molar-refractivity contribution in [2.24, 2.45) is 0 Å². The van der Waals surface area contributed by atoms with Crippen molar-refractivity contribution >= 4 is 11.8 Å². The van der Waals surface area contributed by atoms with Crippen LogP contribution in [-0.2, 0) is 17.1 Å². The van der Waals surface area contributed by atoms with Crippen molar-refractivity contribution in [2.75, 3.05) is 5.73 Å². The maximum atomic E-state index is 9.89. The van der Waals surface area contributed by atoms with Crippen LogP contribution in [0.25, 0.3) is 0 Å². The molecule has 5 heteroatoms. The van der Waals surface area contributed by atoms with Gasteiger partial charge in [0, 0.05) is 5.69 Å². The first-order valence-electron chi connectivity index (χ1n) is 2.93. The van der Waals surface area contributed by atoms with Crippen LogP contribution in [0.5, 0.6) is 5.75 Å². The first-order chi connectivity index (χ1) is 5.18. The van der Waals surface area contributed by atoms with E-state index in [0.29, 0.717) is 5.69 Å². The molecule has 12 heavy (non-hydrogen) atoms. The monoisotopic (exact) mass is 215 g/mol. The normalized spacial score (nSPS) is 8.33. The Morgan fingerprint density at radius 3 is 2.25 bits per heavy atom. The van der Waals surface area contributed by atoms with Gasteiger partial charge in [-0.15, -0.1) is 0 Å². The van der Waals surface area contributed by atoms with Gasteiger partial charge in [-0.2, -0.15) is 0 Å². The second-order valence-electron chi connectivity index (χ2n) is 1.92. The molecule has 0 saturated carbocycles. The van der Waals surface area contributed by atoms with E-state index < -0.39 is 6.16 Å². The third-order valence-corrected chi connectivity index (χ3v) is 1.08. The summed E-state index contributed by atoms with van der Waals surface area (Å²) < 4.78 is 4.22. The van der Waals surface area contributed by atoms with E-state index >= 15 is 0 Å². The zero-order valence-electron chi connectivity index (χ0n) is 5.91. The number of hydrogen-bond acceptors (Lipinski definition) is 4. The largest absolute Gasteiger partial charge is 1.00 e. The van der Waals surface area contributed by atoms with Crippen LogP contribution in [0.4, 0.5) is 10.5 Å². The van der Waals surface area contributed by atoms with E-state index in [0.717, 1.165) is 0 Å². The molecule has 1 rings (SSSR count). The fourth-order valence-electron chi connectivity index (χ4n) is 0.632. The molecule has 0 fully saturated rings. The van der Waals surface area contributed by atoms with Crippen molar-refractivity contribution in [3.8, 4) is 5.75 Å². The summed E-state index contributed by atoms with van der Waals surface area (Å²) in [5.74, 6) is 0.208. The Morgan fingerprint density at radius 1 is 1.33 bits per heavy atom. The molecule has 1 aromatic carbocycles. The van der Waals surface area contributed by atoms with Gasteiger partial charge in [-0.1, -0.05) is 0 Å². The molecule has 0 aromatic heterocycles. The zero-order chi connectivity index (χ0) is 8.27. The second-order valence-corrected chi connectivity index (χ2v) is 1.92. The number of carboxylic acid groups (broad SMARTS) is 1. The van der Waals surface area contributed by atoms with Crippen LogP contribution in [0.1, 0.15) is 0 Å². The summed E-state index contributed by atoms with van der Waals surface area (Å²) in [5, 5.41) is 9.89. The van der Waals surface area contributed by atoms with Gasteiger partial charge in [0.2, 0.25) is 0 Å². The smallest absolute Gasteiger partial charge is 0.514 e. The molecule has 0 aliphatic heterocycles. The van der Waals surface area contributed by atoms with E-state index in [1.807, 2.05) is 0 Å². The van der Waals surface area contributed by atoms with Gasteiger partial charge in [0.25, 0.3) is 6.16 Å². The Hall–Kier alpha value is -1.19. The van der Waals surface area contributed by atoms with Crippen LogP contribution < -0.4 is 15.6 Å². The quantitative estimate of drug-likeness (QED) is 0.309. The molecule has 68 valence electrons. The number of anilines is 1. The van der Waals surface area contributed by atoms with Crippen LogP contribution in [-0.4, -0.2) is 6.16 Å². The van der Waals surface area contributed by atoms with Gasteiger partial charge < -0.3 is 20.4 Å². The third-order valence-electron chi connectivity index (χ3n) is 1.08. The topological polar surface area (TPSA) is 75.4 Å². The maximum Gasteiger partial charge on any atom is 1.00 e. The molecule has 0 unspecified atom stereocenters. The summed E-state index contributed by atoms with van der Waals surface area (Å²) in [4.78, 5) is 9.89. The molecule has 2 N–H and O–H groups in total. The average Bonchev–Trinajstić information content (AvgIpc) is 1.93. The molecule has 0 aliphatic carbocycles. The van der Waals surface area contributed by atoms with Crippen molar-refractivity contribution in [3.63, 3.8) is 0 Å². The number of benzene rings is 1. The maximum absolute atomic E-state index is 9.89. The summed E-state index contributed by atoms with van der Waals surface area (Å²) in [5.41, 5.74) is 5.89. The molecule has 0 aliphatic rings. The molecular formula is C7H6CuNO3. The number of ether oxygens (including phenoxy) is 1. The fraction of sp³-hybridized carbons (Fsp3) is 0. The summed E-state index contributed by atoms with van der Waals surface area (Å²) in [6.45, 7) is 0. The predicted octanol–water partition coefficient (Wildman–Crippen LogP) is -0.0116. The van der Waals surface area contributed by atoms with Gasteiger partial charge in [0.1, 0.15) is 0 Å². The van der Waals surface area contributed by atoms with Crippen molar-refractivity contribution in [1.82, 2.24) is 0 Å². The Morgan fingerprint density at radius 2 is 1.83 bits per heavy atom. The van der Waals surface area contributed by atoms with Crippen LogP contribution in [0.15, 0.2) is 24.3 Å². The molecule has 0 heterocycles. The van der Waals surface area contributed by atoms with Gasteiger partial charge in [-0.3, -0.25) is 0 Å². The van der Waals surface area contributed by atoms with Crippen LogP contribution in [0.3, 0.4) is 0 Å². The summed E-state index contributed by atoms with van der Waals surface area (Å²) in [7, 11) is 0. The predicted molar refractivity (Wildman–Crippen MR) is 36.9 cm³/mol. The Labute approximate surface area is 79.8 Å². The number of hydrogen-bond donors (Lipinski definition) is 1. The summed E-state index contributed by atoms with van der Waals surface area (Å²) in [6, 6.07) is 5.98. The molecule has 4 nitrogen and oxygen atoms in total. The Bertz CT molecular complexity index is 260. The number of rotatable bonds is 1. The molecule has 0 bridgehead atoms. The molecule has 0 radical (unpaired) electrons. The van der Waals surface area contributed by atoms with E-state index in [4.69, 9.17) is 5.73 Å². The molecule has 0 spiro atoms. The number of carbonyl (C=O) groups is 1. The molecule has 0 saturated heterocycles. The van der Waals surface area contributed by atoms with Crippen molar-refractivity contribution in [3.05, 3.63) is 24.3 Å². The van der Waals surface area contributed by atoms with Gasteiger partial charge in [0.05, 0.1) is 5.75 Å². The molecule has 0 amide bonds. The van der Waals surface area contributed by atoms with Crippen molar-refractivity contribution in [2.45, 2.75) is 0 Å². The van der Waals surface area contributed by atoms with E-state index in [1.54, 1.807) is 0 Å². The van der Waals surface area contributed by atoms with Gasteiger partial charge in [-0.05, 0) is 24.3 Å². The van der Waals surface area contributed by atoms with Crippen molar-refractivity contribution < 1.29 is 31.7 Å². The summed E-state index contributed by atoms with van der Waals surface area (Å²) in [6.07, 6.45) is -1.57. The van der Waals surface area contributed by atoms with E-state index in [2.05, 4.69) is 4.74 Å². The van der Waals surface area contributed by atoms with Gasteiger partial charge in [0.15, 0.2) is 0 Å². The van der Waals surface area contributed by atoms with E-state index in [1.165, 1.54) is 24.3 Å². The fourth-order valence-corrected chi connectivity index (χ4v) is 0.632. The average molecular weight is 216 g/mol. The SMILES string of the molecule is Nc1ccc(OC(=O)[O-])cc1.[Cu+]. The standard InChI is InChI=1S/C7H7NO3.Cu/c8-5-1-3-6(4-2-5)11-7(9)10;/h1-4H,8H2,(H,9,10);/q;+1/p-1. The van der Waals surface area contributed by atoms with Crippen LogP contribution >= 0.6 is 0 Å². The minimum atomic E-state index is -1.57. The first kappa shape index (κ1) is 10.8.